The Morgan fingerprint density at radius 3 is 1.02 bits per heavy atom. The van der Waals surface area contributed by atoms with Crippen LogP contribution in [0.5, 0.6) is 17.2 Å². The Labute approximate surface area is 322 Å². The van der Waals surface area contributed by atoms with Gasteiger partial charge in [-0.15, -0.1) is 0 Å². The van der Waals surface area contributed by atoms with E-state index in [9.17, 15) is 13.0 Å². The molecule has 0 aliphatic carbocycles. The van der Waals surface area contributed by atoms with Crippen LogP contribution in [0.15, 0.2) is 17.0 Å². The molecule has 288 valence electrons. The number of hydrogen-bond acceptors (Lipinski definition) is 6. The molecule has 0 saturated carbocycles. The smallest absolute Gasteiger partial charge is 0.744 e. The Morgan fingerprint density at radius 1 is 0.420 bits per heavy atom. The van der Waals surface area contributed by atoms with Crippen molar-refractivity contribution in [3.8, 4) is 17.2 Å². The van der Waals surface area contributed by atoms with E-state index in [-0.39, 0.29) is 35.3 Å². The zero-order valence-corrected chi connectivity index (χ0v) is 34.2. The van der Waals surface area contributed by atoms with Crippen LogP contribution in [0, 0.1) is 0 Å². The van der Waals surface area contributed by atoms with E-state index >= 15 is 0 Å². The van der Waals surface area contributed by atoms with Crippen LogP contribution >= 0.6 is 0 Å². The van der Waals surface area contributed by atoms with Crippen LogP contribution in [0.2, 0.25) is 0 Å². The van der Waals surface area contributed by atoms with Crippen molar-refractivity contribution in [3.63, 3.8) is 0 Å². The molecule has 0 unspecified atom stereocenters. The van der Waals surface area contributed by atoms with Gasteiger partial charge in [-0.25, -0.2) is 8.42 Å². The van der Waals surface area contributed by atoms with Crippen LogP contribution in [-0.2, 0) is 10.1 Å². The second-order valence-corrected chi connectivity index (χ2v) is 15.6. The van der Waals surface area contributed by atoms with Crippen LogP contribution in [-0.4, -0.2) is 32.8 Å². The van der Waals surface area contributed by atoms with Crippen LogP contribution in [0.25, 0.3) is 0 Å². The topological polar surface area (TPSA) is 84.9 Å². The van der Waals surface area contributed by atoms with Crippen LogP contribution in [0.1, 0.15) is 213 Å². The quantitative estimate of drug-likeness (QED) is 0.0387. The Balaban J connectivity index is 0.0000240. The molecule has 0 aromatic heterocycles. The maximum Gasteiger partial charge on any atom is 1.00 e. The predicted molar refractivity (Wildman–Crippen MR) is 206 cm³/mol. The third kappa shape index (κ3) is 26.8. The van der Waals surface area contributed by atoms with Gasteiger partial charge in [-0.3, -0.25) is 0 Å². The summed E-state index contributed by atoms with van der Waals surface area (Å²) in [5, 5.41) is 0. The molecule has 0 aliphatic rings. The summed E-state index contributed by atoms with van der Waals surface area (Å²) < 4.78 is 55.4. The summed E-state index contributed by atoms with van der Waals surface area (Å²) in [6.45, 7) is 8.04. The van der Waals surface area contributed by atoms with Gasteiger partial charge in [0.25, 0.3) is 0 Å². The first-order valence-corrected chi connectivity index (χ1v) is 22.4. The normalized spacial score (nSPS) is 11.4. The number of rotatable bonds is 37. The molecule has 0 bridgehead atoms. The van der Waals surface area contributed by atoms with Gasteiger partial charge in [-0.05, 0) is 31.4 Å². The fraction of sp³-hybridized carbons (Fsp3) is 0.857. The summed E-state index contributed by atoms with van der Waals surface area (Å²) in [5.74, 6) is 0.763. The average Bonchev–Trinajstić information content (AvgIpc) is 3.08. The SMILES string of the molecule is CCCCCCCCCCCCOc1ccc(S(=O)(=O)[O-])c(OCCCCCCCCCCCC)c1OCCCCCCCCCCCC.[Li+]. The summed E-state index contributed by atoms with van der Waals surface area (Å²) in [4.78, 5) is -0.357. The van der Waals surface area contributed by atoms with Crippen molar-refractivity contribution < 1.29 is 46.0 Å². The Morgan fingerprint density at radius 2 is 0.700 bits per heavy atom. The Kier molecular flexibility index (Phi) is 34.6. The minimum atomic E-state index is -4.75. The first kappa shape index (κ1) is 49.1. The van der Waals surface area contributed by atoms with Gasteiger partial charge in [-0.2, -0.15) is 0 Å². The van der Waals surface area contributed by atoms with Crippen molar-refractivity contribution in [1.82, 2.24) is 0 Å². The summed E-state index contributed by atoms with van der Waals surface area (Å²) in [5.41, 5.74) is 0. The van der Waals surface area contributed by atoms with Gasteiger partial charge in [0.15, 0.2) is 11.5 Å². The molecular weight excluding hydrogens is 639 g/mol. The molecule has 8 heteroatoms. The molecule has 1 aromatic carbocycles. The molecule has 0 heterocycles. The molecular formula is C42H77LiO6S. The summed E-state index contributed by atoms with van der Waals surface area (Å²) in [7, 11) is -4.75. The number of hydrogen-bond donors (Lipinski definition) is 0. The molecule has 0 saturated heterocycles. The second-order valence-electron chi connectivity index (χ2n) is 14.3. The zero-order chi connectivity index (χ0) is 35.7. The van der Waals surface area contributed by atoms with Gasteiger partial charge in [0, 0.05) is 0 Å². The summed E-state index contributed by atoms with van der Waals surface area (Å²) in [6.07, 6.45) is 36.6. The van der Waals surface area contributed by atoms with Gasteiger partial charge in [0.1, 0.15) is 15.0 Å². The first-order valence-electron chi connectivity index (χ1n) is 21.0. The van der Waals surface area contributed by atoms with Crippen molar-refractivity contribution in [1.29, 1.82) is 0 Å². The average molecular weight is 717 g/mol. The van der Waals surface area contributed by atoms with Crippen LogP contribution in [0.4, 0.5) is 0 Å². The molecule has 0 spiro atoms. The largest absolute Gasteiger partial charge is 1.00 e. The van der Waals surface area contributed by atoms with Gasteiger partial charge in [0.2, 0.25) is 5.75 Å². The van der Waals surface area contributed by atoms with Gasteiger partial charge in [0.05, 0.1) is 19.8 Å². The van der Waals surface area contributed by atoms with E-state index in [1.54, 1.807) is 6.07 Å². The molecule has 0 N–H and O–H groups in total. The molecule has 6 nitrogen and oxygen atoms in total. The fourth-order valence-electron chi connectivity index (χ4n) is 6.41. The van der Waals surface area contributed by atoms with E-state index in [0.29, 0.717) is 25.6 Å². The number of ether oxygens (including phenoxy) is 3. The fourth-order valence-corrected chi connectivity index (χ4v) is 7.02. The van der Waals surface area contributed by atoms with E-state index in [1.165, 1.54) is 147 Å². The van der Waals surface area contributed by atoms with E-state index in [4.69, 9.17) is 14.2 Å². The molecule has 1 rings (SSSR count). The summed E-state index contributed by atoms with van der Waals surface area (Å²) in [6, 6.07) is 2.90. The maximum atomic E-state index is 12.3. The third-order valence-corrected chi connectivity index (χ3v) is 10.4. The molecule has 0 radical (unpaired) electrons. The van der Waals surface area contributed by atoms with Crippen LogP contribution in [0.3, 0.4) is 0 Å². The zero-order valence-electron chi connectivity index (χ0n) is 33.3. The molecule has 50 heavy (non-hydrogen) atoms. The maximum absolute atomic E-state index is 12.3. The molecule has 0 fully saturated rings. The van der Waals surface area contributed by atoms with Gasteiger partial charge < -0.3 is 18.8 Å². The van der Waals surface area contributed by atoms with E-state index in [0.717, 1.165) is 51.4 Å². The van der Waals surface area contributed by atoms with Crippen molar-refractivity contribution >= 4 is 10.1 Å². The van der Waals surface area contributed by atoms with Gasteiger partial charge in [-0.1, -0.05) is 194 Å². The first-order chi connectivity index (χ1) is 24.0. The standard InChI is InChI=1S/C42H78O6S.Li/c1-4-7-10-13-16-19-22-25-28-31-36-46-39-34-35-40(49(43,44)45)42(48-38-33-30-27-24-21-18-15-12-9-6-3)41(39)47-37-32-29-26-23-20-17-14-11-8-5-2;/h34-35H,4-33,36-38H2,1-3H3,(H,43,44,45);/q;+1/p-1. The van der Waals surface area contributed by atoms with Crippen molar-refractivity contribution in [3.05, 3.63) is 12.1 Å². The molecule has 0 atom stereocenters. The summed E-state index contributed by atoms with van der Waals surface area (Å²) >= 11 is 0. The minimum Gasteiger partial charge on any atom is -0.744 e. The van der Waals surface area contributed by atoms with E-state index < -0.39 is 10.1 Å². The third-order valence-electron chi connectivity index (χ3n) is 9.55. The molecule has 0 aliphatic heterocycles. The van der Waals surface area contributed by atoms with Crippen molar-refractivity contribution in [2.45, 2.75) is 218 Å². The molecule has 1 aromatic rings. The minimum absolute atomic E-state index is 0. The van der Waals surface area contributed by atoms with E-state index in [1.807, 2.05) is 0 Å². The van der Waals surface area contributed by atoms with E-state index in [2.05, 4.69) is 20.8 Å². The van der Waals surface area contributed by atoms with Crippen molar-refractivity contribution in [2.75, 3.05) is 19.8 Å². The van der Waals surface area contributed by atoms with Gasteiger partial charge >= 0.3 is 18.9 Å². The Hall–Kier alpha value is -0.873. The Bertz CT molecular complexity index is 987. The molecule has 0 amide bonds. The van der Waals surface area contributed by atoms with Crippen LogP contribution < -0.4 is 33.1 Å². The predicted octanol–water partition coefficient (Wildman–Crippen LogP) is 10.5. The second kappa shape index (κ2) is 35.2. The number of benzene rings is 1. The monoisotopic (exact) mass is 717 g/mol. The number of unbranched alkanes of at least 4 members (excludes halogenated alkanes) is 27. The van der Waals surface area contributed by atoms with Crippen molar-refractivity contribution in [2.24, 2.45) is 0 Å².